The van der Waals surface area contributed by atoms with Crippen molar-refractivity contribution in [1.82, 2.24) is 20.9 Å². The van der Waals surface area contributed by atoms with Crippen LogP contribution in [0.5, 0.6) is 0 Å². The van der Waals surface area contributed by atoms with Crippen LogP contribution in [0.3, 0.4) is 0 Å². The van der Waals surface area contributed by atoms with Crippen molar-refractivity contribution >= 4 is 40.6 Å². The molecule has 0 bridgehead atoms. The first kappa shape index (κ1) is 27.3. The molecule has 0 spiro atoms. The molecule has 35 heavy (non-hydrogen) atoms. The fraction of sp³-hybridized carbons (Fsp3) is 0.409. The van der Waals surface area contributed by atoms with E-state index in [9.17, 15) is 29.1 Å². The van der Waals surface area contributed by atoms with Gasteiger partial charge in [0.2, 0.25) is 17.7 Å². The van der Waals surface area contributed by atoms with Crippen LogP contribution < -0.4 is 21.7 Å². The number of hydrogen-bond acceptors (Lipinski definition) is 7. The van der Waals surface area contributed by atoms with Gasteiger partial charge >= 0.3 is 11.9 Å². The number of para-hydroxylation sites is 1. The summed E-state index contributed by atoms with van der Waals surface area (Å²) in [6.07, 6.45) is -0.698. The Hall–Kier alpha value is -3.97. The summed E-state index contributed by atoms with van der Waals surface area (Å²) >= 11 is 0. The van der Waals surface area contributed by atoms with Crippen LogP contribution in [-0.2, 0) is 30.4 Å². The highest BCUT2D eigenvalue weighted by atomic mass is 16.4. The Morgan fingerprint density at radius 1 is 0.943 bits per heavy atom. The second kappa shape index (κ2) is 11.9. The molecule has 0 aliphatic carbocycles. The van der Waals surface area contributed by atoms with Crippen LogP contribution in [0, 0.1) is 0 Å². The van der Waals surface area contributed by atoms with Gasteiger partial charge in [-0.15, -0.1) is 0 Å². The summed E-state index contributed by atoms with van der Waals surface area (Å²) in [6.45, 7) is 2.61. The molecule has 0 aliphatic rings. The van der Waals surface area contributed by atoms with E-state index < -0.39 is 66.4 Å². The Morgan fingerprint density at radius 3 is 2.14 bits per heavy atom. The van der Waals surface area contributed by atoms with Crippen molar-refractivity contribution in [3.05, 3.63) is 36.0 Å². The summed E-state index contributed by atoms with van der Waals surface area (Å²) in [5, 5.41) is 35.7. The molecule has 1 heterocycles. The van der Waals surface area contributed by atoms with Gasteiger partial charge in [0, 0.05) is 23.5 Å². The molecule has 0 radical (unpaired) electrons. The summed E-state index contributed by atoms with van der Waals surface area (Å²) in [7, 11) is 0. The third-order valence-corrected chi connectivity index (χ3v) is 5.20. The molecule has 1 aromatic heterocycles. The number of aromatic amines is 1. The Bertz CT molecular complexity index is 1100. The molecule has 0 fully saturated rings. The van der Waals surface area contributed by atoms with Crippen LogP contribution in [0.4, 0.5) is 0 Å². The van der Waals surface area contributed by atoms with Crippen molar-refractivity contribution in [1.29, 1.82) is 0 Å². The van der Waals surface area contributed by atoms with Gasteiger partial charge < -0.3 is 42.0 Å². The predicted molar refractivity (Wildman–Crippen MR) is 123 cm³/mol. The van der Waals surface area contributed by atoms with Crippen molar-refractivity contribution in [3.63, 3.8) is 0 Å². The van der Waals surface area contributed by atoms with Crippen LogP contribution in [0.25, 0.3) is 10.9 Å². The number of carboxylic acids is 2. The van der Waals surface area contributed by atoms with Crippen molar-refractivity contribution in [2.45, 2.75) is 57.0 Å². The van der Waals surface area contributed by atoms with Crippen LogP contribution in [0.1, 0.15) is 25.8 Å². The minimum atomic E-state index is -1.78. The number of aliphatic hydroxyl groups excluding tert-OH is 1. The molecule has 5 unspecified atom stereocenters. The van der Waals surface area contributed by atoms with Gasteiger partial charge in [-0.25, -0.2) is 4.79 Å². The van der Waals surface area contributed by atoms with E-state index in [4.69, 9.17) is 15.9 Å². The summed E-state index contributed by atoms with van der Waals surface area (Å²) < 4.78 is 0. The number of H-pyrrole nitrogens is 1. The lowest BCUT2D eigenvalue weighted by Gasteiger charge is -2.26. The summed E-state index contributed by atoms with van der Waals surface area (Å²) in [5.41, 5.74) is 7.11. The summed E-state index contributed by atoms with van der Waals surface area (Å²) in [6, 6.07) is 1.74. The lowest BCUT2D eigenvalue weighted by atomic mass is 10.0. The number of nitrogens with two attached hydrogens (primary N) is 1. The van der Waals surface area contributed by atoms with Crippen molar-refractivity contribution < 1.29 is 39.3 Å². The zero-order valence-corrected chi connectivity index (χ0v) is 19.1. The van der Waals surface area contributed by atoms with E-state index in [0.717, 1.165) is 10.9 Å². The van der Waals surface area contributed by atoms with Gasteiger partial charge in [0.1, 0.15) is 18.1 Å². The molecule has 1 aromatic carbocycles. The van der Waals surface area contributed by atoms with Gasteiger partial charge in [0.25, 0.3) is 0 Å². The topological polar surface area (TPSA) is 224 Å². The van der Waals surface area contributed by atoms with Crippen molar-refractivity contribution in [3.8, 4) is 0 Å². The molecule has 0 aliphatic heterocycles. The minimum Gasteiger partial charge on any atom is -0.481 e. The Morgan fingerprint density at radius 2 is 1.57 bits per heavy atom. The highest BCUT2D eigenvalue weighted by molar-refractivity contribution is 5.95. The Kier molecular flexibility index (Phi) is 9.31. The molecule has 5 atom stereocenters. The van der Waals surface area contributed by atoms with Gasteiger partial charge in [-0.05, 0) is 25.5 Å². The van der Waals surface area contributed by atoms with Gasteiger partial charge in [-0.1, -0.05) is 18.2 Å². The number of carbonyl (C=O) groups is 5. The predicted octanol–water partition coefficient (Wildman–Crippen LogP) is -1.55. The highest BCUT2D eigenvalue weighted by Crippen LogP contribution is 2.19. The fourth-order valence-electron chi connectivity index (χ4n) is 3.33. The molecular weight excluding hydrogens is 462 g/mol. The van der Waals surface area contributed by atoms with E-state index in [1.807, 2.05) is 23.5 Å². The van der Waals surface area contributed by atoms with Crippen LogP contribution in [0.2, 0.25) is 0 Å². The quantitative estimate of drug-likeness (QED) is 0.172. The molecule has 0 saturated heterocycles. The number of nitrogens with one attached hydrogen (secondary N) is 4. The lowest BCUT2D eigenvalue weighted by Crippen LogP contribution is -2.60. The number of hydrogen-bond donors (Lipinski definition) is 8. The number of aromatic nitrogens is 1. The molecule has 13 heteroatoms. The van der Waals surface area contributed by atoms with Crippen LogP contribution in [0.15, 0.2) is 30.5 Å². The van der Waals surface area contributed by atoms with Crippen molar-refractivity contribution in [2.24, 2.45) is 5.73 Å². The molecule has 9 N–H and O–H groups in total. The number of aliphatic carboxylic acids is 2. The molecule has 2 aromatic rings. The first-order chi connectivity index (χ1) is 16.4. The minimum absolute atomic E-state index is 0.0131. The maximum absolute atomic E-state index is 13.1. The second-order valence-electron chi connectivity index (χ2n) is 8.14. The zero-order valence-electron chi connectivity index (χ0n) is 19.1. The number of fused-ring (bicyclic) bond motifs is 1. The molecular formula is C22H29N5O8. The molecule has 2 rings (SSSR count). The highest BCUT2D eigenvalue weighted by Gasteiger charge is 2.33. The number of amides is 3. The van der Waals surface area contributed by atoms with Gasteiger partial charge in [-0.2, -0.15) is 0 Å². The fourth-order valence-corrected chi connectivity index (χ4v) is 3.33. The third kappa shape index (κ3) is 7.52. The lowest BCUT2D eigenvalue weighted by molar-refractivity contribution is -0.148. The maximum atomic E-state index is 13.1. The van der Waals surface area contributed by atoms with E-state index >= 15 is 0 Å². The molecule has 13 nitrogen and oxygen atoms in total. The van der Waals surface area contributed by atoms with Crippen LogP contribution >= 0.6 is 0 Å². The third-order valence-electron chi connectivity index (χ3n) is 5.20. The molecule has 190 valence electrons. The Balaban J connectivity index is 2.25. The molecule has 3 amide bonds. The van der Waals surface area contributed by atoms with Crippen molar-refractivity contribution in [2.75, 3.05) is 0 Å². The first-order valence-electron chi connectivity index (χ1n) is 10.7. The van der Waals surface area contributed by atoms with E-state index in [0.29, 0.717) is 5.56 Å². The molecule has 0 saturated carbocycles. The summed E-state index contributed by atoms with van der Waals surface area (Å²) in [4.78, 5) is 63.2. The average Bonchev–Trinajstić information content (AvgIpc) is 3.18. The van der Waals surface area contributed by atoms with Gasteiger partial charge in [0.15, 0.2) is 0 Å². The largest absolute Gasteiger partial charge is 0.481 e. The number of aliphatic hydroxyl groups is 1. The zero-order chi connectivity index (χ0) is 26.3. The average molecular weight is 492 g/mol. The Labute approximate surface area is 200 Å². The van der Waals surface area contributed by atoms with Gasteiger partial charge in [-0.3, -0.25) is 19.2 Å². The number of rotatable bonds is 12. The number of carboxylic acid groups (broad SMARTS) is 2. The smallest absolute Gasteiger partial charge is 0.326 e. The van der Waals surface area contributed by atoms with Crippen LogP contribution in [-0.4, -0.2) is 80.2 Å². The first-order valence-corrected chi connectivity index (χ1v) is 10.7. The monoisotopic (exact) mass is 491 g/mol. The van der Waals surface area contributed by atoms with E-state index in [2.05, 4.69) is 15.6 Å². The van der Waals surface area contributed by atoms with E-state index in [1.54, 1.807) is 12.3 Å². The van der Waals surface area contributed by atoms with Gasteiger partial charge in [0.05, 0.1) is 18.6 Å². The standard InChI is InChI=1S/C22H29N5O8/c1-10(23)19(31)25-15(7-12-9-24-14-6-4-3-5-13(12)14)20(32)27-18(11(2)28)21(33)26-16(22(34)35)8-17(29)30/h3-6,9-11,15-16,18,24,28H,7-8,23H2,1-2H3,(H,25,31)(H,26,33)(H,27,32)(H,29,30)(H,34,35). The normalized spacial score (nSPS) is 15.3. The van der Waals surface area contributed by atoms with E-state index in [1.165, 1.54) is 13.8 Å². The summed E-state index contributed by atoms with van der Waals surface area (Å²) in [5.74, 6) is -5.64. The number of benzene rings is 1. The number of carbonyl (C=O) groups excluding carboxylic acids is 3. The van der Waals surface area contributed by atoms with E-state index in [-0.39, 0.29) is 6.42 Å². The SMILES string of the molecule is CC(N)C(=O)NC(Cc1c[nH]c2ccccc12)C(=O)NC(C(=O)NC(CC(=O)O)C(=O)O)C(C)O. The second-order valence-corrected chi connectivity index (χ2v) is 8.14. The maximum Gasteiger partial charge on any atom is 0.326 e.